The van der Waals surface area contributed by atoms with Crippen LogP contribution in [0, 0.1) is 0 Å². The molecular weight excluding hydrogens is 376 g/mol. The van der Waals surface area contributed by atoms with E-state index in [-0.39, 0.29) is 0 Å². The van der Waals surface area contributed by atoms with E-state index >= 15 is 0 Å². The van der Waals surface area contributed by atoms with Gasteiger partial charge in [-0.1, -0.05) is 12.8 Å². The van der Waals surface area contributed by atoms with Gasteiger partial charge in [-0.3, -0.25) is 9.59 Å². The number of rotatable bonds is 5. The molecule has 0 radical (unpaired) electrons. The number of hydrogen-bond donors (Lipinski definition) is 2. The summed E-state index contributed by atoms with van der Waals surface area (Å²) >= 11 is 1.48. The molecular formula is C21H24N2O4S. The van der Waals surface area contributed by atoms with Crippen molar-refractivity contribution in [1.29, 1.82) is 0 Å². The molecule has 3 N–H and O–H groups in total. The third-order valence-electron chi connectivity index (χ3n) is 4.79. The van der Waals surface area contributed by atoms with Gasteiger partial charge in [0.2, 0.25) is 5.91 Å². The van der Waals surface area contributed by atoms with E-state index in [0.29, 0.717) is 16.1 Å². The second kappa shape index (κ2) is 9.01. The van der Waals surface area contributed by atoms with Gasteiger partial charge in [0.1, 0.15) is 4.88 Å². The third-order valence-corrected chi connectivity index (χ3v) is 6.00. The van der Waals surface area contributed by atoms with Crippen LogP contribution in [0.5, 0.6) is 0 Å². The van der Waals surface area contributed by atoms with Crippen LogP contribution in [0.2, 0.25) is 0 Å². The zero-order valence-corrected chi connectivity index (χ0v) is 16.6. The molecule has 1 heterocycles. The summed E-state index contributed by atoms with van der Waals surface area (Å²) in [5.41, 5.74) is 7.28. The van der Waals surface area contributed by atoms with E-state index in [2.05, 4.69) is 5.32 Å². The first kappa shape index (κ1) is 20.1. The topological polar surface area (TPSA) is 98.5 Å². The average molecular weight is 400 g/mol. The van der Waals surface area contributed by atoms with Gasteiger partial charge in [0.15, 0.2) is 6.10 Å². The molecule has 1 aliphatic rings. The van der Waals surface area contributed by atoms with E-state index in [1.165, 1.54) is 53.7 Å². The molecule has 0 fully saturated rings. The quantitative estimate of drug-likeness (QED) is 0.748. The Morgan fingerprint density at radius 1 is 1.07 bits per heavy atom. The zero-order chi connectivity index (χ0) is 20.1. The summed E-state index contributed by atoms with van der Waals surface area (Å²) in [4.78, 5) is 37.7. The molecule has 6 nitrogen and oxygen atoms in total. The fraction of sp³-hybridized carbons (Fsp3) is 0.381. The number of hydrogen-bond acceptors (Lipinski definition) is 5. The normalized spacial score (nSPS) is 14.9. The van der Waals surface area contributed by atoms with Gasteiger partial charge in [-0.25, -0.2) is 4.79 Å². The standard InChI is InChI=1S/C21H24N2O4S/c1-13(20(25)23-16-10-8-14(9-11-16)19(22)24)27-21(26)18-12-15-6-4-2-3-5-7-17(15)28-18/h8-13H,2-7H2,1H3,(H2,22,24)(H,23,25)/t13-/m0/s1. The predicted octanol–water partition coefficient (Wildman–Crippen LogP) is 3.69. The Kier molecular flexibility index (Phi) is 6.46. The Balaban J connectivity index is 1.59. The van der Waals surface area contributed by atoms with Crippen molar-refractivity contribution in [3.8, 4) is 0 Å². The fourth-order valence-electron chi connectivity index (χ4n) is 3.18. The maximum absolute atomic E-state index is 12.5. The van der Waals surface area contributed by atoms with Crippen molar-refractivity contribution < 1.29 is 19.1 Å². The van der Waals surface area contributed by atoms with Gasteiger partial charge in [0.25, 0.3) is 5.91 Å². The molecule has 0 spiro atoms. The number of thiophene rings is 1. The van der Waals surface area contributed by atoms with Crippen molar-refractivity contribution in [2.24, 2.45) is 5.73 Å². The van der Waals surface area contributed by atoms with Crippen LogP contribution in [0.4, 0.5) is 5.69 Å². The van der Waals surface area contributed by atoms with Crippen LogP contribution in [0.25, 0.3) is 0 Å². The van der Waals surface area contributed by atoms with E-state index in [9.17, 15) is 14.4 Å². The van der Waals surface area contributed by atoms with Gasteiger partial charge in [-0.15, -0.1) is 11.3 Å². The molecule has 1 aromatic heterocycles. The van der Waals surface area contributed by atoms with Gasteiger partial charge in [-0.05, 0) is 68.5 Å². The zero-order valence-electron chi connectivity index (χ0n) is 15.8. The van der Waals surface area contributed by atoms with Gasteiger partial charge in [-0.2, -0.15) is 0 Å². The summed E-state index contributed by atoms with van der Waals surface area (Å²) in [5, 5.41) is 2.67. The smallest absolute Gasteiger partial charge is 0.349 e. The monoisotopic (exact) mass is 400 g/mol. The maximum atomic E-state index is 12.5. The van der Waals surface area contributed by atoms with Gasteiger partial charge < -0.3 is 15.8 Å². The number of benzene rings is 1. The van der Waals surface area contributed by atoms with Crippen LogP contribution >= 0.6 is 11.3 Å². The van der Waals surface area contributed by atoms with Crippen molar-refractivity contribution in [3.63, 3.8) is 0 Å². The summed E-state index contributed by atoms with van der Waals surface area (Å²) < 4.78 is 5.36. The SMILES string of the molecule is C[C@H](OC(=O)c1cc2c(s1)CCCCCC2)C(=O)Nc1ccc(C(N)=O)cc1. The molecule has 0 saturated heterocycles. The third kappa shape index (κ3) is 4.98. The van der Waals surface area contributed by atoms with E-state index in [1.54, 1.807) is 12.1 Å². The molecule has 148 valence electrons. The summed E-state index contributed by atoms with van der Waals surface area (Å²) in [5.74, 6) is -1.44. The molecule has 1 aromatic carbocycles. The summed E-state index contributed by atoms with van der Waals surface area (Å²) in [6, 6.07) is 8.12. The molecule has 0 bridgehead atoms. The average Bonchev–Trinajstić information content (AvgIpc) is 3.04. The minimum absolute atomic E-state index is 0.353. The van der Waals surface area contributed by atoms with Crippen molar-refractivity contribution in [3.05, 3.63) is 51.2 Å². The molecule has 3 rings (SSSR count). The molecule has 0 saturated carbocycles. The van der Waals surface area contributed by atoms with Crippen LogP contribution in [0.3, 0.4) is 0 Å². The first-order valence-electron chi connectivity index (χ1n) is 9.47. The second-order valence-corrected chi connectivity index (χ2v) is 8.09. The highest BCUT2D eigenvalue weighted by Crippen LogP contribution is 2.29. The molecule has 7 heteroatoms. The van der Waals surface area contributed by atoms with Crippen molar-refractivity contribution in [2.75, 3.05) is 5.32 Å². The Hall–Kier alpha value is -2.67. The fourth-order valence-corrected chi connectivity index (χ4v) is 4.32. The highest BCUT2D eigenvalue weighted by molar-refractivity contribution is 7.14. The number of anilines is 1. The lowest BCUT2D eigenvalue weighted by Gasteiger charge is -2.13. The summed E-state index contributed by atoms with van der Waals surface area (Å²) in [6.07, 6.45) is 5.82. The number of carbonyl (C=O) groups is 3. The summed E-state index contributed by atoms with van der Waals surface area (Å²) in [6.45, 7) is 1.54. The number of amides is 2. The van der Waals surface area contributed by atoms with E-state index in [0.717, 1.165) is 25.7 Å². The highest BCUT2D eigenvalue weighted by Gasteiger charge is 2.22. The number of nitrogens with two attached hydrogens (primary N) is 1. The Labute approximate surface area is 168 Å². The minimum Gasteiger partial charge on any atom is -0.448 e. The molecule has 2 amide bonds. The Bertz CT molecular complexity index is 848. The van der Waals surface area contributed by atoms with E-state index in [4.69, 9.17) is 10.5 Å². The molecule has 1 atom stereocenters. The lowest BCUT2D eigenvalue weighted by Crippen LogP contribution is -2.29. The van der Waals surface area contributed by atoms with Gasteiger partial charge in [0, 0.05) is 16.1 Å². The van der Waals surface area contributed by atoms with E-state index < -0.39 is 23.9 Å². The maximum Gasteiger partial charge on any atom is 0.349 e. The molecule has 2 aromatic rings. The number of esters is 1. The molecule has 1 aliphatic carbocycles. The highest BCUT2D eigenvalue weighted by atomic mass is 32.1. The Morgan fingerprint density at radius 2 is 1.75 bits per heavy atom. The summed E-state index contributed by atoms with van der Waals surface area (Å²) in [7, 11) is 0. The van der Waals surface area contributed by atoms with Crippen LogP contribution in [0.15, 0.2) is 30.3 Å². The predicted molar refractivity (Wildman–Crippen MR) is 109 cm³/mol. The van der Waals surface area contributed by atoms with Crippen LogP contribution in [-0.2, 0) is 22.4 Å². The number of carbonyl (C=O) groups excluding carboxylic acids is 3. The first-order valence-corrected chi connectivity index (χ1v) is 10.3. The number of aryl methyl sites for hydroxylation is 2. The van der Waals surface area contributed by atoms with Crippen LogP contribution in [-0.4, -0.2) is 23.9 Å². The second-order valence-electron chi connectivity index (χ2n) is 6.95. The van der Waals surface area contributed by atoms with Crippen molar-refractivity contribution in [1.82, 2.24) is 0 Å². The number of fused-ring (bicyclic) bond motifs is 1. The largest absolute Gasteiger partial charge is 0.448 e. The minimum atomic E-state index is -0.937. The lowest BCUT2D eigenvalue weighted by atomic mass is 10.00. The van der Waals surface area contributed by atoms with Crippen molar-refractivity contribution >= 4 is 34.8 Å². The number of ether oxygens (including phenoxy) is 1. The number of nitrogens with one attached hydrogen (secondary N) is 1. The number of primary amides is 1. The van der Waals surface area contributed by atoms with Gasteiger partial charge >= 0.3 is 5.97 Å². The van der Waals surface area contributed by atoms with E-state index in [1.807, 2.05) is 6.07 Å². The van der Waals surface area contributed by atoms with Crippen molar-refractivity contribution in [2.45, 2.75) is 51.6 Å². The Morgan fingerprint density at radius 3 is 2.43 bits per heavy atom. The molecule has 0 unspecified atom stereocenters. The first-order chi connectivity index (χ1) is 13.4. The van der Waals surface area contributed by atoms with Gasteiger partial charge in [0.05, 0.1) is 0 Å². The molecule has 28 heavy (non-hydrogen) atoms. The van der Waals surface area contributed by atoms with Crippen LogP contribution in [0.1, 0.15) is 63.1 Å². The van der Waals surface area contributed by atoms with Crippen LogP contribution < -0.4 is 11.1 Å². The molecule has 0 aliphatic heterocycles. The lowest BCUT2D eigenvalue weighted by molar-refractivity contribution is -0.123.